The van der Waals surface area contributed by atoms with E-state index in [2.05, 4.69) is 19.2 Å². The van der Waals surface area contributed by atoms with Crippen LogP contribution in [0.5, 0.6) is 5.75 Å². The van der Waals surface area contributed by atoms with Crippen LogP contribution in [0.2, 0.25) is 0 Å². The van der Waals surface area contributed by atoms with Crippen molar-refractivity contribution < 1.29 is 9.53 Å². The van der Waals surface area contributed by atoms with Gasteiger partial charge in [-0.1, -0.05) is 13.8 Å². The molecule has 0 spiro atoms. The lowest BCUT2D eigenvalue weighted by Crippen LogP contribution is -2.24. The Morgan fingerprint density at radius 3 is 2.67 bits per heavy atom. The highest BCUT2D eigenvalue weighted by molar-refractivity contribution is 5.97. The summed E-state index contributed by atoms with van der Waals surface area (Å²) in [5.41, 5.74) is 1.73. The van der Waals surface area contributed by atoms with Crippen molar-refractivity contribution in [3.63, 3.8) is 0 Å². The van der Waals surface area contributed by atoms with Gasteiger partial charge in [0.1, 0.15) is 5.75 Å². The van der Waals surface area contributed by atoms with Gasteiger partial charge in [-0.15, -0.1) is 0 Å². The van der Waals surface area contributed by atoms with Gasteiger partial charge in [-0.25, -0.2) is 0 Å². The fourth-order valence-corrected chi connectivity index (χ4v) is 1.75. The van der Waals surface area contributed by atoms with Gasteiger partial charge in [-0.3, -0.25) is 4.79 Å². The Kier molecular flexibility index (Phi) is 5.86. The van der Waals surface area contributed by atoms with E-state index in [0.29, 0.717) is 12.5 Å². The van der Waals surface area contributed by atoms with Crippen LogP contribution in [-0.2, 0) is 0 Å². The molecule has 3 nitrogen and oxygen atoms in total. The maximum absolute atomic E-state index is 11.9. The molecule has 100 valence electrons. The first kappa shape index (κ1) is 14.7. The lowest BCUT2D eigenvalue weighted by molar-refractivity contribution is 0.0990. The minimum absolute atomic E-state index is 0.129. The molecule has 0 unspecified atom stereocenters. The van der Waals surface area contributed by atoms with E-state index in [1.807, 2.05) is 25.1 Å². The summed E-state index contributed by atoms with van der Waals surface area (Å²) in [5.74, 6) is 1.61. The summed E-state index contributed by atoms with van der Waals surface area (Å²) in [5, 5.41) is 3.18. The molecule has 0 heterocycles. The van der Waals surface area contributed by atoms with Crippen molar-refractivity contribution in [3.8, 4) is 5.75 Å². The smallest absolute Gasteiger partial charge is 0.176 e. The SMILES string of the molecule is COc1ccc(C(=O)CNCCC(C)C)cc1C. The van der Waals surface area contributed by atoms with Gasteiger partial charge < -0.3 is 10.1 Å². The number of methoxy groups -OCH3 is 1. The Balaban J connectivity index is 2.49. The van der Waals surface area contributed by atoms with Crippen molar-refractivity contribution in [2.24, 2.45) is 5.92 Å². The van der Waals surface area contributed by atoms with E-state index in [-0.39, 0.29) is 5.78 Å². The van der Waals surface area contributed by atoms with Gasteiger partial charge in [0.15, 0.2) is 5.78 Å². The first-order chi connectivity index (χ1) is 8.54. The molecule has 0 saturated carbocycles. The first-order valence-corrected chi connectivity index (χ1v) is 6.43. The maximum atomic E-state index is 11.9. The monoisotopic (exact) mass is 249 g/mol. The molecule has 0 aliphatic carbocycles. The molecule has 0 aliphatic heterocycles. The molecule has 0 bridgehead atoms. The van der Waals surface area contributed by atoms with Gasteiger partial charge in [0.2, 0.25) is 0 Å². The lowest BCUT2D eigenvalue weighted by atomic mass is 10.1. The van der Waals surface area contributed by atoms with Gasteiger partial charge in [0.25, 0.3) is 0 Å². The molecular weight excluding hydrogens is 226 g/mol. The van der Waals surface area contributed by atoms with Crippen LogP contribution in [0.25, 0.3) is 0 Å². The second kappa shape index (κ2) is 7.17. The van der Waals surface area contributed by atoms with Crippen LogP contribution in [-0.4, -0.2) is 26.0 Å². The highest BCUT2D eigenvalue weighted by Gasteiger charge is 2.07. The maximum Gasteiger partial charge on any atom is 0.176 e. The normalized spacial score (nSPS) is 10.7. The van der Waals surface area contributed by atoms with Crippen LogP contribution in [0.15, 0.2) is 18.2 Å². The molecule has 0 radical (unpaired) electrons. The number of carbonyl (C=O) groups is 1. The zero-order valence-electron chi connectivity index (χ0n) is 11.7. The second-order valence-electron chi connectivity index (χ2n) is 4.97. The topological polar surface area (TPSA) is 38.3 Å². The molecule has 0 amide bonds. The highest BCUT2D eigenvalue weighted by atomic mass is 16.5. The quantitative estimate of drug-likeness (QED) is 0.596. The number of hydrogen-bond acceptors (Lipinski definition) is 3. The third kappa shape index (κ3) is 4.49. The fourth-order valence-electron chi connectivity index (χ4n) is 1.75. The third-order valence-electron chi connectivity index (χ3n) is 2.90. The van der Waals surface area contributed by atoms with Crippen molar-refractivity contribution in [1.82, 2.24) is 5.32 Å². The van der Waals surface area contributed by atoms with Crippen molar-refractivity contribution in [2.75, 3.05) is 20.2 Å². The minimum atomic E-state index is 0.129. The molecule has 1 aromatic carbocycles. The zero-order chi connectivity index (χ0) is 13.5. The van der Waals surface area contributed by atoms with E-state index in [1.54, 1.807) is 7.11 Å². The predicted molar refractivity (Wildman–Crippen MR) is 74.4 cm³/mol. The second-order valence-corrected chi connectivity index (χ2v) is 4.97. The van der Waals surface area contributed by atoms with E-state index in [1.165, 1.54) is 0 Å². The molecule has 18 heavy (non-hydrogen) atoms. The molecule has 0 atom stereocenters. The van der Waals surface area contributed by atoms with E-state index < -0.39 is 0 Å². The summed E-state index contributed by atoms with van der Waals surface area (Å²) in [6, 6.07) is 5.54. The number of ether oxygens (including phenoxy) is 1. The van der Waals surface area contributed by atoms with Gasteiger partial charge in [-0.2, -0.15) is 0 Å². The van der Waals surface area contributed by atoms with Crippen molar-refractivity contribution in [1.29, 1.82) is 0 Å². The molecule has 1 aromatic rings. The summed E-state index contributed by atoms with van der Waals surface area (Å²) in [6.45, 7) is 7.59. The Morgan fingerprint density at radius 2 is 2.11 bits per heavy atom. The Labute approximate surface area is 110 Å². The Hall–Kier alpha value is -1.35. The number of ketones is 1. The van der Waals surface area contributed by atoms with Gasteiger partial charge in [-0.05, 0) is 49.6 Å². The van der Waals surface area contributed by atoms with E-state index in [0.717, 1.165) is 29.8 Å². The van der Waals surface area contributed by atoms with Gasteiger partial charge in [0, 0.05) is 5.56 Å². The molecule has 3 heteroatoms. The number of aryl methyl sites for hydroxylation is 1. The average molecular weight is 249 g/mol. The van der Waals surface area contributed by atoms with E-state index in [9.17, 15) is 4.79 Å². The molecule has 0 aliphatic rings. The van der Waals surface area contributed by atoms with E-state index in [4.69, 9.17) is 4.74 Å². The largest absolute Gasteiger partial charge is 0.496 e. The zero-order valence-corrected chi connectivity index (χ0v) is 11.7. The van der Waals surface area contributed by atoms with Crippen LogP contribution >= 0.6 is 0 Å². The predicted octanol–water partition coefficient (Wildman–Crippen LogP) is 2.82. The summed E-state index contributed by atoms with van der Waals surface area (Å²) in [4.78, 5) is 11.9. The molecule has 0 aromatic heterocycles. The van der Waals surface area contributed by atoms with Gasteiger partial charge in [0.05, 0.1) is 13.7 Å². The van der Waals surface area contributed by atoms with Crippen molar-refractivity contribution >= 4 is 5.78 Å². The van der Waals surface area contributed by atoms with Crippen molar-refractivity contribution in [2.45, 2.75) is 27.2 Å². The highest BCUT2D eigenvalue weighted by Crippen LogP contribution is 2.18. The number of rotatable bonds is 7. The van der Waals surface area contributed by atoms with Gasteiger partial charge >= 0.3 is 0 Å². The van der Waals surface area contributed by atoms with Crippen LogP contribution in [0.3, 0.4) is 0 Å². The molecule has 1 rings (SSSR count). The third-order valence-corrected chi connectivity index (χ3v) is 2.90. The summed E-state index contributed by atoms with van der Waals surface area (Å²) < 4.78 is 5.18. The van der Waals surface area contributed by atoms with Crippen LogP contribution in [0.4, 0.5) is 0 Å². The number of nitrogens with one attached hydrogen (secondary N) is 1. The number of Topliss-reactive ketones (excluding diaryl/α,β-unsaturated/α-hetero) is 1. The Bertz CT molecular complexity index is 399. The molecule has 1 N–H and O–H groups in total. The minimum Gasteiger partial charge on any atom is -0.496 e. The summed E-state index contributed by atoms with van der Waals surface area (Å²) in [6.07, 6.45) is 1.09. The van der Waals surface area contributed by atoms with Crippen LogP contribution in [0.1, 0.15) is 36.2 Å². The molecule has 0 fully saturated rings. The average Bonchev–Trinajstić information content (AvgIpc) is 2.34. The van der Waals surface area contributed by atoms with Crippen LogP contribution < -0.4 is 10.1 Å². The van der Waals surface area contributed by atoms with Crippen LogP contribution in [0, 0.1) is 12.8 Å². The van der Waals surface area contributed by atoms with E-state index >= 15 is 0 Å². The fraction of sp³-hybridized carbons (Fsp3) is 0.533. The standard InChI is InChI=1S/C15H23NO2/c1-11(2)7-8-16-10-14(17)13-5-6-15(18-4)12(3)9-13/h5-6,9,11,16H,7-8,10H2,1-4H3. The molecular formula is C15H23NO2. The first-order valence-electron chi connectivity index (χ1n) is 6.43. The number of carbonyl (C=O) groups excluding carboxylic acids is 1. The summed E-state index contributed by atoms with van der Waals surface area (Å²) >= 11 is 0. The number of benzene rings is 1. The number of hydrogen-bond donors (Lipinski definition) is 1. The molecule has 0 saturated heterocycles. The summed E-state index contributed by atoms with van der Waals surface area (Å²) in [7, 11) is 1.64. The van der Waals surface area contributed by atoms with Crippen molar-refractivity contribution in [3.05, 3.63) is 29.3 Å². The lowest BCUT2D eigenvalue weighted by Gasteiger charge is -2.08. The Morgan fingerprint density at radius 1 is 1.39 bits per heavy atom.